The Morgan fingerprint density at radius 2 is 1.61 bits per heavy atom. The van der Waals surface area contributed by atoms with Crippen molar-refractivity contribution in [1.82, 2.24) is 0 Å². The number of methoxy groups -OCH3 is 1. The number of carbonyl (C=O) groups excluding carboxylic acids is 2. The second-order valence-electron chi connectivity index (χ2n) is 4.83. The van der Waals surface area contributed by atoms with Gasteiger partial charge in [-0.3, -0.25) is 4.79 Å². The van der Waals surface area contributed by atoms with Crippen LogP contribution in [0.25, 0.3) is 0 Å². The predicted octanol–water partition coefficient (Wildman–Crippen LogP) is 2.89. The lowest BCUT2D eigenvalue weighted by atomic mass is 10.1. The summed E-state index contributed by atoms with van der Waals surface area (Å²) in [7, 11) is 1.55. The van der Waals surface area contributed by atoms with Gasteiger partial charge in [0.05, 0.1) is 7.11 Å². The van der Waals surface area contributed by atoms with Crippen molar-refractivity contribution in [3.8, 4) is 11.5 Å². The number of para-hydroxylation sites is 1. The summed E-state index contributed by atoms with van der Waals surface area (Å²) in [4.78, 5) is 23.9. The molecule has 0 unspecified atom stereocenters. The fourth-order valence-electron chi connectivity index (χ4n) is 1.93. The quantitative estimate of drug-likeness (QED) is 0.581. The molecule has 0 aromatic heterocycles. The molecule has 5 heteroatoms. The first-order valence-electron chi connectivity index (χ1n) is 7.15. The minimum absolute atomic E-state index is 0.246. The molecule has 2 rings (SSSR count). The van der Waals surface area contributed by atoms with E-state index in [1.807, 2.05) is 6.07 Å². The number of rotatable bonds is 7. The van der Waals surface area contributed by atoms with Crippen LogP contribution in [0, 0.1) is 0 Å². The third-order valence-electron chi connectivity index (χ3n) is 3.15. The van der Waals surface area contributed by atoms with Crippen LogP contribution in [0.3, 0.4) is 0 Å². The molecule has 0 radical (unpaired) electrons. The first kappa shape index (κ1) is 16.5. The van der Waals surface area contributed by atoms with Gasteiger partial charge in [-0.1, -0.05) is 18.2 Å². The average Bonchev–Trinajstić information content (AvgIpc) is 2.60. The van der Waals surface area contributed by atoms with Gasteiger partial charge in [0.2, 0.25) is 5.78 Å². The highest BCUT2D eigenvalue weighted by Crippen LogP contribution is 2.14. The van der Waals surface area contributed by atoms with Crippen LogP contribution in [0.2, 0.25) is 0 Å². The standard InChI is InChI=1S/C18H18O5/c1-13(18(20)14-8-10-15(21-2)11-9-14)23-17(19)12-22-16-6-4-3-5-7-16/h3-11,13H,12H2,1-2H3/t13-/m1/s1. The zero-order valence-electron chi connectivity index (χ0n) is 13.0. The van der Waals surface area contributed by atoms with Gasteiger partial charge in [-0.2, -0.15) is 0 Å². The van der Waals surface area contributed by atoms with E-state index in [0.717, 1.165) is 0 Å². The largest absolute Gasteiger partial charge is 0.497 e. The number of esters is 1. The van der Waals surface area contributed by atoms with Gasteiger partial charge in [0.15, 0.2) is 12.7 Å². The molecule has 0 heterocycles. The molecule has 0 amide bonds. The lowest BCUT2D eigenvalue weighted by Gasteiger charge is -2.13. The van der Waals surface area contributed by atoms with Crippen LogP contribution >= 0.6 is 0 Å². The monoisotopic (exact) mass is 314 g/mol. The van der Waals surface area contributed by atoms with E-state index in [1.54, 1.807) is 55.6 Å². The van der Waals surface area contributed by atoms with Crippen LogP contribution in [-0.4, -0.2) is 31.6 Å². The smallest absolute Gasteiger partial charge is 0.344 e. The lowest BCUT2D eigenvalue weighted by molar-refractivity contribution is -0.148. The van der Waals surface area contributed by atoms with Crippen LogP contribution in [0.1, 0.15) is 17.3 Å². The van der Waals surface area contributed by atoms with Crippen molar-refractivity contribution in [2.75, 3.05) is 13.7 Å². The van der Waals surface area contributed by atoms with Crippen molar-refractivity contribution in [3.05, 3.63) is 60.2 Å². The van der Waals surface area contributed by atoms with E-state index >= 15 is 0 Å². The third-order valence-corrected chi connectivity index (χ3v) is 3.15. The van der Waals surface area contributed by atoms with E-state index in [0.29, 0.717) is 17.1 Å². The van der Waals surface area contributed by atoms with E-state index in [2.05, 4.69) is 0 Å². The molecule has 0 bridgehead atoms. The number of Topliss-reactive ketones (excluding diaryl/α,β-unsaturated/α-hetero) is 1. The zero-order valence-corrected chi connectivity index (χ0v) is 13.0. The molecule has 0 saturated heterocycles. The number of ketones is 1. The number of hydrogen-bond donors (Lipinski definition) is 0. The Kier molecular flexibility index (Phi) is 5.74. The Hall–Kier alpha value is -2.82. The molecule has 120 valence electrons. The van der Waals surface area contributed by atoms with Crippen LogP contribution in [-0.2, 0) is 9.53 Å². The molecular weight excluding hydrogens is 296 g/mol. The topological polar surface area (TPSA) is 61.8 Å². The molecule has 0 N–H and O–H groups in total. The second-order valence-corrected chi connectivity index (χ2v) is 4.83. The summed E-state index contributed by atoms with van der Waals surface area (Å²) in [6.45, 7) is 1.29. The zero-order chi connectivity index (χ0) is 16.7. The molecule has 0 aliphatic rings. The summed E-state index contributed by atoms with van der Waals surface area (Å²) >= 11 is 0. The first-order chi connectivity index (χ1) is 11.1. The van der Waals surface area contributed by atoms with Crippen molar-refractivity contribution in [2.45, 2.75) is 13.0 Å². The molecule has 0 aliphatic heterocycles. The Morgan fingerprint density at radius 3 is 2.22 bits per heavy atom. The molecule has 5 nitrogen and oxygen atoms in total. The maximum absolute atomic E-state index is 12.2. The van der Waals surface area contributed by atoms with E-state index in [9.17, 15) is 9.59 Å². The fourth-order valence-corrected chi connectivity index (χ4v) is 1.93. The van der Waals surface area contributed by atoms with Crippen LogP contribution in [0.5, 0.6) is 11.5 Å². The van der Waals surface area contributed by atoms with Gasteiger partial charge in [0, 0.05) is 5.56 Å². The second kappa shape index (κ2) is 7.98. The van der Waals surface area contributed by atoms with Gasteiger partial charge in [0.1, 0.15) is 11.5 Å². The van der Waals surface area contributed by atoms with Gasteiger partial charge in [-0.15, -0.1) is 0 Å². The lowest BCUT2D eigenvalue weighted by Crippen LogP contribution is -2.27. The summed E-state index contributed by atoms with van der Waals surface area (Å²) < 4.78 is 15.4. The maximum Gasteiger partial charge on any atom is 0.344 e. The van der Waals surface area contributed by atoms with E-state index in [1.165, 1.54) is 6.92 Å². The number of ether oxygens (including phenoxy) is 3. The van der Waals surface area contributed by atoms with Gasteiger partial charge >= 0.3 is 5.97 Å². The van der Waals surface area contributed by atoms with Crippen molar-refractivity contribution in [3.63, 3.8) is 0 Å². The number of hydrogen-bond acceptors (Lipinski definition) is 5. The first-order valence-corrected chi connectivity index (χ1v) is 7.15. The molecule has 0 aliphatic carbocycles. The minimum Gasteiger partial charge on any atom is -0.497 e. The highest BCUT2D eigenvalue weighted by Gasteiger charge is 2.19. The van der Waals surface area contributed by atoms with Crippen molar-refractivity contribution >= 4 is 11.8 Å². The molecular formula is C18H18O5. The highest BCUT2D eigenvalue weighted by molar-refractivity contribution is 6.00. The van der Waals surface area contributed by atoms with Crippen LogP contribution in [0.15, 0.2) is 54.6 Å². The SMILES string of the molecule is COc1ccc(C(=O)[C@@H](C)OC(=O)COc2ccccc2)cc1. The molecule has 2 aromatic carbocycles. The maximum atomic E-state index is 12.2. The third kappa shape index (κ3) is 4.85. The summed E-state index contributed by atoms with van der Waals surface area (Å²) in [5.41, 5.74) is 0.454. The van der Waals surface area contributed by atoms with E-state index in [-0.39, 0.29) is 12.4 Å². The van der Waals surface area contributed by atoms with Gasteiger partial charge in [-0.25, -0.2) is 4.79 Å². The fraction of sp³-hybridized carbons (Fsp3) is 0.222. The Morgan fingerprint density at radius 1 is 0.957 bits per heavy atom. The van der Waals surface area contributed by atoms with Crippen molar-refractivity contribution in [2.24, 2.45) is 0 Å². The van der Waals surface area contributed by atoms with Gasteiger partial charge in [0.25, 0.3) is 0 Å². The Balaban J connectivity index is 1.85. The molecule has 0 saturated carbocycles. The van der Waals surface area contributed by atoms with Gasteiger partial charge in [-0.05, 0) is 43.3 Å². The molecule has 0 spiro atoms. The Bertz CT molecular complexity index is 649. The molecule has 0 fully saturated rings. The van der Waals surface area contributed by atoms with Crippen LogP contribution in [0.4, 0.5) is 0 Å². The predicted molar refractivity (Wildman–Crippen MR) is 84.8 cm³/mol. The molecule has 1 atom stereocenters. The number of benzene rings is 2. The minimum atomic E-state index is -0.879. The summed E-state index contributed by atoms with van der Waals surface area (Å²) in [6, 6.07) is 15.5. The summed E-state index contributed by atoms with van der Waals surface area (Å²) in [5.74, 6) is 0.352. The summed E-state index contributed by atoms with van der Waals surface area (Å²) in [6.07, 6.45) is -0.879. The highest BCUT2D eigenvalue weighted by atomic mass is 16.6. The normalized spacial score (nSPS) is 11.4. The molecule has 2 aromatic rings. The van der Waals surface area contributed by atoms with Gasteiger partial charge < -0.3 is 14.2 Å². The van der Waals surface area contributed by atoms with E-state index < -0.39 is 12.1 Å². The van der Waals surface area contributed by atoms with Crippen molar-refractivity contribution < 1.29 is 23.8 Å². The summed E-state index contributed by atoms with van der Waals surface area (Å²) in [5, 5.41) is 0. The Labute approximate surface area is 134 Å². The van der Waals surface area contributed by atoms with Crippen LogP contribution < -0.4 is 9.47 Å². The number of carbonyl (C=O) groups is 2. The van der Waals surface area contributed by atoms with Crippen molar-refractivity contribution in [1.29, 1.82) is 0 Å². The molecule has 23 heavy (non-hydrogen) atoms. The average molecular weight is 314 g/mol. The van der Waals surface area contributed by atoms with E-state index in [4.69, 9.17) is 14.2 Å².